The molecule has 9 heteroatoms. The molecule has 0 atom stereocenters. The highest BCUT2D eigenvalue weighted by atomic mass is 32.2. The predicted molar refractivity (Wildman–Crippen MR) is 125 cm³/mol. The van der Waals surface area contributed by atoms with E-state index < -0.39 is 0 Å². The third-order valence-electron chi connectivity index (χ3n) is 5.57. The summed E-state index contributed by atoms with van der Waals surface area (Å²) in [4.78, 5) is 29.3. The molecule has 1 aliphatic rings. The Balaban J connectivity index is 1.53. The molecule has 1 aliphatic heterocycles. The highest BCUT2D eigenvalue weighted by Crippen LogP contribution is 2.31. The quantitative estimate of drug-likeness (QED) is 0.433. The minimum absolute atomic E-state index is 0.00151. The molecular weight excluding hydrogens is 436 g/mol. The van der Waals surface area contributed by atoms with Crippen LogP contribution in [0.5, 0.6) is 0 Å². The van der Waals surface area contributed by atoms with Crippen molar-refractivity contribution in [2.45, 2.75) is 4.90 Å². The van der Waals surface area contributed by atoms with Crippen LogP contribution >= 0.6 is 11.8 Å². The number of hydrogen-bond acceptors (Lipinski definition) is 7. The minimum Gasteiger partial charge on any atom is -0.378 e. The molecule has 0 aliphatic carbocycles. The molecule has 8 nitrogen and oxygen atoms in total. The van der Waals surface area contributed by atoms with Crippen molar-refractivity contribution in [1.82, 2.24) is 24.4 Å². The number of thioether (sulfide) groups is 1. The molecule has 0 saturated carbocycles. The van der Waals surface area contributed by atoms with Gasteiger partial charge in [0.25, 0.3) is 5.91 Å². The molecule has 0 unspecified atom stereocenters. The van der Waals surface area contributed by atoms with Crippen molar-refractivity contribution < 1.29 is 9.53 Å². The van der Waals surface area contributed by atoms with Gasteiger partial charge in [-0.15, -0.1) is 11.8 Å². The van der Waals surface area contributed by atoms with Crippen molar-refractivity contribution >= 4 is 28.6 Å². The molecule has 4 aromatic rings. The summed E-state index contributed by atoms with van der Waals surface area (Å²) in [6.45, 7) is 2.32. The Bertz CT molecular complexity index is 1370. The summed E-state index contributed by atoms with van der Waals surface area (Å²) in [7, 11) is 0. The Hall–Kier alpha value is -3.74. The summed E-state index contributed by atoms with van der Waals surface area (Å²) in [6.07, 6.45) is 8.99. The van der Waals surface area contributed by atoms with Gasteiger partial charge in [-0.3, -0.25) is 14.3 Å². The number of fused-ring (bicyclic) bond motifs is 1. The van der Waals surface area contributed by atoms with Crippen molar-refractivity contribution in [2.75, 3.05) is 32.6 Å². The second kappa shape index (κ2) is 9.02. The molecule has 0 spiro atoms. The minimum atomic E-state index is -0.00151. The fraction of sp³-hybridized carbons (Fsp3) is 0.208. The largest absolute Gasteiger partial charge is 0.378 e. The standard InChI is InChI=1S/C24H20N6O2S/c1-33-22-15-30(24-27-13-18(14-28-24)20-10-16(12-25)4-5-26-20)21-11-17(2-3-19(21)22)23(31)29-6-8-32-9-7-29/h2-5,10-11,13-15H,6-9H2,1H3. The number of hydrogen-bond donors (Lipinski definition) is 0. The fourth-order valence-corrected chi connectivity index (χ4v) is 4.45. The molecule has 0 bridgehead atoms. The van der Waals surface area contributed by atoms with E-state index in [9.17, 15) is 4.79 Å². The zero-order valence-electron chi connectivity index (χ0n) is 17.9. The lowest BCUT2D eigenvalue weighted by Crippen LogP contribution is -2.40. The van der Waals surface area contributed by atoms with Crippen LogP contribution in [0.15, 0.2) is 60.0 Å². The normalized spacial score (nSPS) is 13.8. The molecular formula is C24H20N6O2S. The third-order valence-corrected chi connectivity index (χ3v) is 6.34. The summed E-state index contributed by atoms with van der Waals surface area (Å²) in [5, 5.41) is 10.2. The Kier molecular flexibility index (Phi) is 5.77. The first-order chi connectivity index (χ1) is 16.2. The zero-order chi connectivity index (χ0) is 22.8. The van der Waals surface area contributed by atoms with E-state index in [1.165, 1.54) is 0 Å². The number of ether oxygens (including phenoxy) is 1. The van der Waals surface area contributed by atoms with Crippen LogP contribution in [0, 0.1) is 11.3 Å². The maximum Gasteiger partial charge on any atom is 0.254 e. The second-order valence-corrected chi connectivity index (χ2v) is 8.37. The van der Waals surface area contributed by atoms with E-state index in [0.717, 1.165) is 21.4 Å². The zero-order valence-corrected chi connectivity index (χ0v) is 18.7. The first-order valence-corrected chi connectivity index (χ1v) is 11.7. The molecule has 1 fully saturated rings. The summed E-state index contributed by atoms with van der Waals surface area (Å²) >= 11 is 1.63. The van der Waals surface area contributed by atoms with E-state index >= 15 is 0 Å². The van der Waals surface area contributed by atoms with Gasteiger partial charge in [0.2, 0.25) is 5.95 Å². The number of aromatic nitrogens is 4. The third kappa shape index (κ3) is 4.06. The number of carbonyl (C=O) groups is 1. The van der Waals surface area contributed by atoms with Gasteiger partial charge >= 0.3 is 0 Å². The Labute approximate surface area is 194 Å². The highest BCUT2D eigenvalue weighted by molar-refractivity contribution is 7.98. The number of pyridine rings is 1. The van der Waals surface area contributed by atoms with E-state index in [1.54, 1.807) is 42.5 Å². The lowest BCUT2D eigenvalue weighted by Gasteiger charge is -2.26. The molecule has 3 aromatic heterocycles. The van der Waals surface area contributed by atoms with Gasteiger partial charge in [-0.25, -0.2) is 9.97 Å². The smallest absolute Gasteiger partial charge is 0.254 e. The summed E-state index contributed by atoms with van der Waals surface area (Å²) in [5.41, 5.74) is 3.39. The van der Waals surface area contributed by atoms with Crippen LogP contribution in [-0.4, -0.2) is 62.9 Å². The molecule has 33 heavy (non-hydrogen) atoms. The van der Waals surface area contributed by atoms with Gasteiger partial charge in [0.05, 0.1) is 36.1 Å². The summed E-state index contributed by atoms with van der Waals surface area (Å²) < 4.78 is 7.27. The second-order valence-electron chi connectivity index (χ2n) is 7.52. The van der Waals surface area contributed by atoms with Crippen LogP contribution < -0.4 is 0 Å². The highest BCUT2D eigenvalue weighted by Gasteiger charge is 2.20. The molecule has 1 amide bonds. The summed E-state index contributed by atoms with van der Waals surface area (Å²) in [6, 6.07) is 11.2. The average Bonchev–Trinajstić information content (AvgIpc) is 3.27. The van der Waals surface area contributed by atoms with Gasteiger partial charge in [-0.1, -0.05) is 6.07 Å². The fourth-order valence-electron chi connectivity index (χ4n) is 3.84. The molecule has 0 N–H and O–H groups in total. The number of nitriles is 1. The van der Waals surface area contributed by atoms with Crippen molar-refractivity contribution in [3.05, 3.63) is 66.2 Å². The maximum absolute atomic E-state index is 13.0. The van der Waals surface area contributed by atoms with Gasteiger partial charge in [0.15, 0.2) is 0 Å². The van der Waals surface area contributed by atoms with Crippen molar-refractivity contribution in [2.24, 2.45) is 0 Å². The van der Waals surface area contributed by atoms with Crippen LogP contribution in [0.25, 0.3) is 28.1 Å². The topological polar surface area (TPSA) is 96.9 Å². The van der Waals surface area contributed by atoms with Gasteiger partial charge in [0.1, 0.15) is 0 Å². The number of carbonyl (C=O) groups excluding carboxylic acids is 1. The van der Waals surface area contributed by atoms with Crippen LogP contribution in [0.2, 0.25) is 0 Å². The Morgan fingerprint density at radius 1 is 1.12 bits per heavy atom. The molecule has 0 radical (unpaired) electrons. The number of morpholine rings is 1. The average molecular weight is 457 g/mol. The van der Waals surface area contributed by atoms with E-state index in [4.69, 9.17) is 10.00 Å². The van der Waals surface area contributed by atoms with E-state index in [2.05, 4.69) is 21.0 Å². The molecule has 4 heterocycles. The maximum atomic E-state index is 13.0. The van der Waals surface area contributed by atoms with Gasteiger partial charge < -0.3 is 9.64 Å². The van der Waals surface area contributed by atoms with Crippen molar-refractivity contribution in [3.63, 3.8) is 0 Å². The monoisotopic (exact) mass is 456 g/mol. The van der Waals surface area contributed by atoms with E-state index in [-0.39, 0.29) is 5.91 Å². The van der Waals surface area contributed by atoms with Crippen molar-refractivity contribution in [1.29, 1.82) is 5.26 Å². The van der Waals surface area contributed by atoms with Gasteiger partial charge in [0, 0.05) is 59.3 Å². The predicted octanol–water partition coefficient (Wildman–Crippen LogP) is 3.55. The van der Waals surface area contributed by atoms with Crippen molar-refractivity contribution in [3.8, 4) is 23.3 Å². The van der Waals surface area contributed by atoms with E-state index in [1.807, 2.05) is 40.1 Å². The van der Waals surface area contributed by atoms with Gasteiger partial charge in [-0.05, 0) is 30.5 Å². The number of rotatable bonds is 4. The van der Waals surface area contributed by atoms with Crippen LogP contribution in [0.3, 0.4) is 0 Å². The van der Waals surface area contributed by atoms with Crippen LogP contribution in [0.4, 0.5) is 0 Å². The molecule has 164 valence electrons. The molecule has 1 aromatic carbocycles. The number of benzene rings is 1. The molecule has 5 rings (SSSR count). The Morgan fingerprint density at radius 3 is 2.64 bits per heavy atom. The Morgan fingerprint density at radius 2 is 1.91 bits per heavy atom. The SMILES string of the molecule is CSc1cn(-c2ncc(-c3cc(C#N)ccn3)cn2)c2cc(C(=O)N3CCOCC3)ccc12. The summed E-state index contributed by atoms with van der Waals surface area (Å²) in [5.74, 6) is 0.495. The number of amides is 1. The van der Waals surface area contributed by atoms with Crippen LogP contribution in [0.1, 0.15) is 15.9 Å². The first-order valence-electron chi connectivity index (χ1n) is 10.4. The van der Waals surface area contributed by atoms with Gasteiger partial charge in [-0.2, -0.15) is 5.26 Å². The lowest BCUT2D eigenvalue weighted by atomic mass is 10.1. The molecule has 1 saturated heterocycles. The first kappa shape index (κ1) is 21.1. The number of nitrogens with zero attached hydrogens (tertiary/aromatic N) is 6. The van der Waals surface area contributed by atoms with E-state index in [0.29, 0.717) is 49.1 Å². The lowest BCUT2D eigenvalue weighted by molar-refractivity contribution is 0.0303. The van der Waals surface area contributed by atoms with Crippen LogP contribution in [-0.2, 0) is 4.74 Å².